The van der Waals surface area contributed by atoms with Crippen LogP contribution in [0.4, 0.5) is 11.4 Å². The first-order valence-electron chi connectivity index (χ1n) is 12.4. The fraction of sp³-hybridized carbons (Fsp3) is 0.129. The van der Waals surface area contributed by atoms with E-state index in [0.717, 1.165) is 26.6 Å². The lowest BCUT2D eigenvalue weighted by atomic mass is 10.1. The first-order chi connectivity index (χ1) is 18.8. The minimum Gasteiger partial charge on any atom is -0.325 e. The summed E-state index contributed by atoms with van der Waals surface area (Å²) in [6, 6.07) is 25.6. The Morgan fingerprint density at radius 1 is 0.872 bits per heavy atom. The van der Waals surface area contributed by atoms with Crippen LogP contribution in [-0.2, 0) is 9.59 Å². The average Bonchev–Trinajstić information content (AvgIpc) is 3.44. The number of nitrogens with one attached hydrogen (secondary N) is 3. The minimum atomic E-state index is -0.449. The zero-order valence-electron chi connectivity index (χ0n) is 21.9. The molecule has 3 amide bonds. The summed E-state index contributed by atoms with van der Waals surface area (Å²) in [5.74, 6) is -0.926. The average molecular weight is 556 g/mol. The van der Waals surface area contributed by atoms with E-state index >= 15 is 0 Å². The number of thiophene rings is 1. The highest BCUT2D eigenvalue weighted by molar-refractivity contribution is 8.00. The molecule has 6 nitrogen and oxygen atoms in total. The first-order valence-corrected chi connectivity index (χ1v) is 14.1. The molecular weight excluding hydrogens is 526 g/mol. The van der Waals surface area contributed by atoms with Gasteiger partial charge >= 0.3 is 0 Å². The molecular formula is C31H29N3O3S2. The van der Waals surface area contributed by atoms with Crippen molar-refractivity contribution in [2.45, 2.75) is 30.9 Å². The fourth-order valence-electron chi connectivity index (χ4n) is 3.68. The zero-order chi connectivity index (χ0) is 27.8. The maximum absolute atomic E-state index is 13.2. The number of thioether (sulfide) groups is 1. The molecule has 3 N–H and O–H groups in total. The number of anilines is 2. The summed E-state index contributed by atoms with van der Waals surface area (Å²) < 4.78 is 0. The van der Waals surface area contributed by atoms with Crippen molar-refractivity contribution in [3.63, 3.8) is 0 Å². The molecule has 0 radical (unpaired) electrons. The van der Waals surface area contributed by atoms with Crippen LogP contribution >= 0.6 is 23.1 Å². The van der Waals surface area contributed by atoms with Crippen LogP contribution in [0.25, 0.3) is 6.08 Å². The first kappa shape index (κ1) is 27.9. The highest BCUT2D eigenvalue weighted by Crippen LogP contribution is 2.28. The van der Waals surface area contributed by atoms with Gasteiger partial charge in [-0.3, -0.25) is 14.4 Å². The van der Waals surface area contributed by atoms with Gasteiger partial charge in [0.05, 0.1) is 5.25 Å². The second-order valence-corrected chi connectivity index (χ2v) is 11.3. The van der Waals surface area contributed by atoms with Crippen LogP contribution in [0.3, 0.4) is 0 Å². The number of carbonyl (C=O) groups is 3. The lowest BCUT2D eigenvalue weighted by Gasteiger charge is -2.15. The molecule has 8 heteroatoms. The van der Waals surface area contributed by atoms with Crippen LogP contribution in [-0.4, -0.2) is 23.0 Å². The lowest BCUT2D eigenvalue weighted by molar-refractivity contribution is -0.115. The van der Waals surface area contributed by atoms with Crippen molar-refractivity contribution < 1.29 is 14.4 Å². The van der Waals surface area contributed by atoms with E-state index in [2.05, 4.69) is 16.0 Å². The molecule has 4 aromatic rings. The van der Waals surface area contributed by atoms with Crippen LogP contribution in [0.1, 0.15) is 33.3 Å². The van der Waals surface area contributed by atoms with Gasteiger partial charge in [0.2, 0.25) is 5.91 Å². The van der Waals surface area contributed by atoms with Gasteiger partial charge in [-0.15, -0.1) is 23.1 Å². The molecule has 0 bridgehead atoms. The number of hydrogen-bond donors (Lipinski definition) is 3. The molecule has 0 aliphatic heterocycles. The Bertz CT molecular complexity index is 1500. The smallest absolute Gasteiger partial charge is 0.272 e. The van der Waals surface area contributed by atoms with Gasteiger partial charge in [-0.2, -0.15) is 0 Å². The summed E-state index contributed by atoms with van der Waals surface area (Å²) in [5.41, 5.74) is 4.09. The van der Waals surface area contributed by atoms with Gasteiger partial charge in [-0.25, -0.2) is 0 Å². The van der Waals surface area contributed by atoms with Crippen LogP contribution in [0.2, 0.25) is 0 Å². The number of amides is 3. The molecule has 1 aromatic heterocycles. The Hall–Kier alpha value is -4.14. The third kappa shape index (κ3) is 7.69. The van der Waals surface area contributed by atoms with Crippen LogP contribution in [0.5, 0.6) is 0 Å². The third-order valence-corrected chi connectivity index (χ3v) is 7.91. The monoisotopic (exact) mass is 555 g/mol. The molecule has 198 valence electrons. The predicted octanol–water partition coefficient (Wildman–Crippen LogP) is 6.89. The Labute approximate surface area is 236 Å². The summed E-state index contributed by atoms with van der Waals surface area (Å²) in [6.07, 6.45) is 1.65. The Morgan fingerprint density at radius 3 is 2.38 bits per heavy atom. The number of hydrogen-bond acceptors (Lipinski definition) is 5. The molecule has 0 fully saturated rings. The molecule has 0 aliphatic rings. The van der Waals surface area contributed by atoms with E-state index in [4.69, 9.17) is 0 Å². The summed E-state index contributed by atoms with van der Waals surface area (Å²) in [6.45, 7) is 5.84. The van der Waals surface area contributed by atoms with E-state index in [1.807, 2.05) is 80.7 Å². The van der Waals surface area contributed by atoms with E-state index < -0.39 is 5.91 Å². The molecule has 0 spiro atoms. The quantitative estimate of drug-likeness (QED) is 0.155. The van der Waals surface area contributed by atoms with Gasteiger partial charge in [0.1, 0.15) is 5.70 Å². The van der Waals surface area contributed by atoms with Gasteiger partial charge in [0.25, 0.3) is 11.8 Å². The Balaban J connectivity index is 1.45. The largest absolute Gasteiger partial charge is 0.325 e. The molecule has 3 aromatic carbocycles. The van der Waals surface area contributed by atoms with Crippen LogP contribution in [0, 0.1) is 13.8 Å². The molecule has 39 heavy (non-hydrogen) atoms. The Kier molecular flexibility index (Phi) is 9.35. The highest BCUT2D eigenvalue weighted by atomic mass is 32.2. The summed E-state index contributed by atoms with van der Waals surface area (Å²) in [4.78, 5) is 40.5. The zero-order valence-corrected chi connectivity index (χ0v) is 23.5. The van der Waals surface area contributed by atoms with Crippen molar-refractivity contribution in [2.24, 2.45) is 0 Å². The maximum atomic E-state index is 13.2. The number of carbonyl (C=O) groups excluding carboxylic acids is 3. The van der Waals surface area contributed by atoms with Crippen molar-refractivity contribution in [3.8, 4) is 0 Å². The summed E-state index contributed by atoms with van der Waals surface area (Å²) >= 11 is 2.86. The number of benzene rings is 3. The van der Waals surface area contributed by atoms with Gasteiger partial charge in [-0.05, 0) is 85.8 Å². The molecule has 4 rings (SSSR count). The van der Waals surface area contributed by atoms with Crippen LogP contribution < -0.4 is 16.0 Å². The second-order valence-electron chi connectivity index (χ2n) is 8.87. The second kappa shape index (κ2) is 13.1. The topological polar surface area (TPSA) is 87.3 Å². The lowest BCUT2D eigenvalue weighted by Crippen LogP contribution is -2.30. The third-order valence-electron chi connectivity index (χ3n) is 6.00. The van der Waals surface area contributed by atoms with Gasteiger partial charge < -0.3 is 16.0 Å². The van der Waals surface area contributed by atoms with Crippen molar-refractivity contribution in [1.29, 1.82) is 0 Å². The molecule has 1 atom stereocenters. The normalized spacial score (nSPS) is 11.9. The molecule has 0 aliphatic carbocycles. The van der Waals surface area contributed by atoms with Gasteiger partial charge in [0.15, 0.2) is 0 Å². The maximum Gasteiger partial charge on any atom is 0.272 e. The molecule has 1 heterocycles. The van der Waals surface area contributed by atoms with Gasteiger partial charge in [0, 0.05) is 26.7 Å². The van der Waals surface area contributed by atoms with E-state index in [-0.39, 0.29) is 22.8 Å². The van der Waals surface area contributed by atoms with E-state index in [9.17, 15) is 14.4 Å². The molecule has 0 saturated carbocycles. The molecule has 0 saturated heterocycles. The van der Waals surface area contributed by atoms with E-state index in [0.29, 0.717) is 11.3 Å². The van der Waals surface area contributed by atoms with Gasteiger partial charge in [-0.1, -0.05) is 42.5 Å². The van der Waals surface area contributed by atoms with E-state index in [1.54, 1.807) is 36.4 Å². The van der Waals surface area contributed by atoms with Crippen molar-refractivity contribution in [3.05, 3.63) is 118 Å². The fourth-order valence-corrected chi connectivity index (χ4v) is 5.27. The molecule has 1 unspecified atom stereocenters. The standard InChI is InChI=1S/C31H29N3O3S2/c1-20-10-7-16-27(21(20)2)33-29(35)22(3)39-26-14-8-13-24(18-26)32-31(37)28(19-25-15-9-17-38-25)34-30(36)23-11-5-4-6-12-23/h4-19,22H,1-3H3,(H,32,37)(H,33,35)(H,34,36)/b28-19-. The van der Waals surface area contributed by atoms with Crippen molar-refractivity contribution in [1.82, 2.24) is 5.32 Å². The number of rotatable bonds is 9. The number of aryl methyl sites for hydroxylation is 1. The summed E-state index contributed by atoms with van der Waals surface area (Å²) in [7, 11) is 0. The SMILES string of the molecule is Cc1cccc(NC(=O)C(C)Sc2cccc(NC(=O)/C(=C/c3cccs3)NC(=O)c3ccccc3)c2)c1C. The Morgan fingerprint density at radius 2 is 1.64 bits per heavy atom. The van der Waals surface area contributed by atoms with E-state index in [1.165, 1.54) is 23.1 Å². The van der Waals surface area contributed by atoms with Crippen molar-refractivity contribution >= 4 is 58.3 Å². The predicted molar refractivity (Wildman–Crippen MR) is 161 cm³/mol. The highest BCUT2D eigenvalue weighted by Gasteiger charge is 2.18. The summed E-state index contributed by atoms with van der Waals surface area (Å²) in [5, 5.41) is 10.2. The van der Waals surface area contributed by atoms with Crippen molar-refractivity contribution in [2.75, 3.05) is 10.6 Å². The minimum absolute atomic E-state index is 0.104. The van der Waals surface area contributed by atoms with Crippen LogP contribution in [0.15, 0.2) is 101 Å².